The van der Waals surface area contributed by atoms with Gasteiger partial charge in [0.15, 0.2) is 0 Å². The van der Waals surface area contributed by atoms with Crippen LogP contribution in [-0.4, -0.2) is 35.1 Å². The lowest BCUT2D eigenvalue weighted by atomic mass is 10.0. The first-order chi connectivity index (χ1) is 11.4. The molecule has 0 bridgehead atoms. The molecule has 1 fully saturated rings. The predicted molar refractivity (Wildman–Crippen MR) is 94.4 cm³/mol. The molecule has 1 saturated heterocycles. The van der Waals surface area contributed by atoms with E-state index in [1.165, 1.54) is 5.56 Å². The van der Waals surface area contributed by atoms with E-state index in [1.807, 2.05) is 25.1 Å². The van der Waals surface area contributed by atoms with Gasteiger partial charge in [0.1, 0.15) is 4.90 Å². The SMILES string of the molecule is Cc1nn(C)c(C)c1S(=O)(=O)N1CCC[C@H]1CCc1ccccc1. The van der Waals surface area contributed by atoms with Crippen LogP contribution in [0.15, 0.2) is 35.2 Å². The molecular weight excluding hydrogens is 322 g/mol. The highest BCUT2D eigenvalue weighted by molar-refractivity contribution is 7.89. The number of benzene rings is 1. The van der Waals surface area contributed by atoms with E-state index in [1.54, 1.807) is 23.0 Å². The van der Waals surface area contributed by atoms with Gasteiger partial charge < -0.3 is 0 Å². The molecule has 2 heterocycles. The van der Waals surface area contributed by atoms with Crippen LogP contribution in [0, 0.1) is 13.8 Å². The quantitative estimate of drug-likeness (QED) is 0.836. The van der Waals surface area contributed by atoms with Gasteiger partial charge >= 0.3 is 0 Å². The summed E-state index contributed by atoms with van der Waals surface area (Å²) in [6.45, 7) is 4.20. The summed E-state index contributed by atoms with van der Waals surface area (Å²) in [5, 5.41) is 4.28. The van der Waals surface area contributed by atoms with Gasteiger partial charge in [0.25, 0.3) is 0 Å². The van der Waals surface area contributed by atoms with Gasteiger partial charge in [0, 0.05) is 19.6 Å². The van der Waals surface area contributed by atoms with Crippen molar-refractivity contribution in [1.82, 2.24) is 14.1 Å². The van der Waals surface area contributed by atoms with Crippen LogP contribution in [0.4, 0.5) is 0 Å². The number of hydrogen-bond acceptors (Lipinski definition) is 3. The molecule has 24 heavy (non-hydrogen) atoms. The molecule has 0 saturated carbocycles. The molecule has 3 rings (SSSR count). The summed E-state index contributed by atoms with van der Waals surface area (Å²) in [7, 11) is -1.69. The Morgan fingerprint density at radius 1 is 1.21 bits per heavy atom. The summed E-state index contributed by atoms with van der Waals surface area (Å²) in [5.74, 6) is 0. The Kier molecular flexibility index (Phi) is 4.78. The molecule has 0 unspecified atom stereocenters. The summed E-state index contributed by atoms with van der Waals surface area (Å²) >= 11 is 0. The average Bonchev–Trinajstić information content (AvgIpc) is 3.12. The molecule has 0 radical (unpaired) electrons. The molecule has 5 nitrogen and oxygen atoms in total. The lowest BCUT2D eigenvalue weighted by Crippen LogP contribution is -2.36. The zero-order valence-corrected chi connectivity index (χ0v) is 15.4. The molecule has 0 spiro atoms. The first-order valence-corrected chi connectivity index (χ1v) is 9.91. The van der Waals surface area contributed by atoms with Crippen LogP contribution < -0.4 is 0 Å². The lowest BCUT2D eigenvalue weighted by Gasteiger charge is -2.24. The molecule has 1 aromatic carbocycles. The minimum Gasteiger partial charge on any atom is -0.271 e. The number of aryl methyl sites for hydroxylation is 3. The highest BCUT2D eigenvalue weighted by Crippen LogP contribution is 2.31. The predicted octanol–water partition coefficient (Wildman–Crippen LogP) is 2.82. The summed E-state index contributed by atoms with van der Waals surface area (Å²) < 4.78 is 29.7. The smallest absolute Gasteiger partial charge is 0.246 e. The summed E-state index contributed by atoms with van der Waals surface area (Å²) in [5.41, 5.74) is 2.56. The van der Waals surface area contributed by atoms with Crippen molar-refractivity contribution in [2.75, 3.05) is 6.54 Å². The Hall–Kier alpha value is -1.66. The van der Waals surface area contributed by atoms with Gasteiger partial charge in [-0.05, 0) is 45.1 Å². The zero-order chi connectivity index (χ0) is 17.3. The lowest BCUT2D eigenvalue weighted by molar-refractivity contribution is 0.370. The largest absolute Gasteiger partial charge is 0.271 e. The zero-order valence-electron chi connectivity index (χ0n) is 14.6. The third-order valence-electron chi connectivity index (χ3n) is 4.94. The second-order valence-electron chi connectivity index (χ2n) is 6.56. The van der Waals surface area contributed by atoms with Crippen molar-refractivity contribution in [2.24, 2.45) is 7.05 Å². The summed E-state index contributed by atoms with van der Waals surface area (Å²) in [6.07, 6.45) is 3.63. The van der Waals surface area contributed by atoms with E-state index in [9.17, 15) is 8.42 Å². The van der Waals surface area contributed by atoms with Crippen LogP contribution in [0.25, 0.3) is 0 Å². The monoisotopic (exact) mass is 347 g/mol. The van der Waals surface area contributed by atoms with Gasteiger partial charge in [-0.15, -0.1) is 0 Å². The van der Waals surface area contributed by atoms with Crippen LogP contribution >= 0.6 is 0 Å². The molecule has 0 amide bonds. The van der Waals surface area contributed by atoms with E-state index in [0.717, 1.165) is 25.7 Å². The second kappa shape index (κ2) is 6.69. The van der Waals surface area contributed by atoms with Crippen LogP contribution in [0.2, 0.25) is 0 Å². The van der Waals surface area contributed by atoms with Gasteiger partial charge in [0.05, 0.1) is 11.4 Å². The average molecular weight is 347 g/mol. The first kappa shape index (κ1) is 17.2. The molecular formula is C18H25N3O2S. The molecule has 2 aromatic rings. The number of hydrogen-bond donors (Lipinski definition) is 0. The van der Waals surface area contributed by atoms with E-state index >= 15 is 0 Å². The van der Waals surface area contributed by atoms with Crippen molar-refractivity contribution in [3.05, 3.63) is 47.3 Å². The molecule has 1 aromatic heterocycles. The Morgan fingerprint density at radius 2 is 1.92 bits per heavy atom. The number of nitrogens with zero attached hydrogens (tertiary/aromatic N) is 3. The fraction of sp³-hybridized carbons (Fsp3) is 0.500. The van der Waals surface area contributed by atoms with E-state index in [4.69, 9.17) is 0 Å². The van der Waals surface area contributed by atoms with E-state index in [-0.39, 0.29) is 6.04 Å². The Balaban J connectivity index is 1.81. The fourth-order valence-electron chi connectivity index (χ4n) is 3.64. The molecule has 0 N–H and O–H groups in total. The van der Waals surface area contributed by atoms with Crippen LogP contribution in [0.5, 0.6) is 0 Å². The van der Waals surface area contributed by atoms with Crippen molar-refractivity contribution in [1.29, 1.82) is 0 Å². The van der Waals surface area contributed by atoms with Gasteiger partial charge in [-0.2, -0.15) is 9.40 Å². The highest BCUT2D eigenvalue weighted by atomic mass is 32.2. The third-order valence-corrected chi connectivity index (χ3v) is 7.15. The second-order valence-corrected chi connectivity index (χ2v) is 8.39. The third kappa shape index (κ3) is 3.13. The fourth-order valence-corrected chi connectivity index (χ4v) is 5.76. The highest BCUT2D eigenvalue weighted by Gasteiger charge is 2.37. The number of aromatic nitrogens is 2. The molecule has 1 aliphatic rings. The summed E-state index contributed by atoms with van der Waals surface area (Å²) in [6, 6.07) is 10.3. The van der Waals surface area contributed by atoms with E-state index < -0.39 is 10.0 Å². The summed E-state index contributed by atoms with van der Waals surface area (Å²) in [4.78, 5) is 0.386. The maximum Gasteiger partial charge on any atom is 0.246 e. The van der Waals surface area contributed by atoms with Crippen molar-refractivity contribution < 1.29 is 8.42 Å². The van der Waals surface area contributed by atoms with Crippen LogP contribution in [0.3, 0.4) is 0 Å². The Morgan fingerprint density at radius 3 is 2.54 bits per heavy atom. The van der Waals surface area contributed by atoms with Gasteiger partial charge in [-0.3, -0.25) is 4.68 Å². The Labute approximate surface area is 144 Å². The minimum absolute atomic E-state index is 0.0780. The van der Waals surface area contributed by atoms with Crippen molar-refractivity contribution in [2.45, 2.75) is 50.5 Å². The van der Waals surface area contributed by atoms with Gasteiger partial charge in [0.2, 0.25) is 10.0 Å². The van der Waals surface area contributed by atoms with E-state index in [2.05, 4.69) is 17.2 Å². The van der Waals surface area contributed by atoms with Gasteiger partial charge in [-0.25, -0.2) is 8.42 Å². The van der Waals surface area contributed by atoms with Crippen LogP contribution in [0.1, 0.15) is 36.2 Å². The molecule has 130 valence electrons. The maximum absolute atomic E-state index is 13.2. The molecule has 6 heteroatoms. The standard InChI is InChI=1S/C18H25N3O2S/c1-14-18(15(2)20(3)19-14)24(22,23)21-13-7-10-17(21)12-11-16-8-5-4-6-9-16/h4-6,8-9,17H,7,10-13H2,1-3H3/t17-/m0/s1. The van der Waals surface area contributed by atoms with Crippen LogP contribution in [-0.2, 0) is 23.5 Å². The number of sulfonamides is 1. The minimum atomic E-state index is -3.48. The topological polar surface area (TPSA) is 55.2 Å². The molecule has 1 aliphatic heterocycles. The normalized spacial score (nSPS) is 19.0. The molecule has 1 atom stereocenters. The van der Waals surface area contributed by atoms with Crippen molar-refractivity contribution in [3.8, 4) is 0 Å². The van der Waals surface area contributed by atoms with Crippen molar-refractivity contribution in [3.63, 3.8) is 0 Å². The van der Waals surface area contributed by atoms with Gasteiger partial charge in [-0.1, -0.05) is 30.3 Å². The number of rotatable bonds is 5. The Bertz CT molecular complexity index is 812. The maximum atomic E-state index is 13.2. The molecule has 0 aliphatic carbocycles. The first-order valence-electron chi connectivity index (χ1n) is 8.47. The van der Waals surface area contributed by atoms with E-state index in [0.29, 0.717) is 22.8 Å². The van der Waals surface area contributed by atoms with Crippen molar-refractivity contribution >= 4 is 10.0 Å².